The number of pyridine rings is 1. The van der Waals surface area contributed by atoms with Gasteiger partial charge in [-0.15, -0.1) is 10.2 Å². The number of aliphatic hydroxyl groups excluding tert-OH is 1. The number of ether oxygens (including phenoxy) is 1. The fourth-order valence-corrected chi connectivity index (χ4v) is 7.11. The van der Waals surface area contributed by atoms with Crippen LogP contribution in [0.15, 0.2) is 76.8 Å². The fraction of sp³-hybridized carbons (Fsp3) is 0.265. The molecule has 9 nitrogen and oxygen atoms in total. The molecule has 0 radical (unpaired) electrons. The van der Waals surface area contributed by atoms with Gasteiger partial charge in [0.15, 0.2) is 10.1 Å². The van der Waals surface area contributed by atoms with Crippen molar-refractivity contribution >= 4 is 51.3 Å². The number of imidazole rings is 1. The SMILES string of the molecule is CCCCOc1ccc(C2/C(=C(\O)c3nc4c(C)cccn4c3C)C(=O)C(=O)N2c2nnc(SCc3ccc(C)cc3)s2)cc1. The van der Waals surface area contributed by atoms with E-state index in [4.69, 9.17) is 4.74 Å². The van der Waals surface area contributed by atoms with Crippen molar-refractivity contribution in [2.45, 2.75) is 56.7 Å². The monoisotopic (exact) mass is 639 g/mol. The van der Waals surface area contributed by atoms with Gasteiger partial charge >= 0.3 is 5.91 Å². The number of hydrogen-bond acceptors (Lipinski definition) is 9. The molecule has 45 heavy (non-hydrogen) atoms. The molecule has 11 heteroatoms. The lowest BCUT2D eigenvalue weighted by Gasteiger charge is -2.22. The molecule has 6 rings (SSSR count). The molecule has 1 saturated heterocycles. The lowest BCUT2D eigenvalue weighted by atomic mass is 9.96. The summed E-state index contributed by atoms with van der Waals surface area (Å²) in [5, 5.41) is 20.7. The summed E-state index contributed by atoms with van der Waals surface area (Å²) in [5.41, 5.74) is 5.39. The normalized spacial score (nSPS) is 16.2. The summed E-state index contributed by atoms with van der Waals surface area (Å²) in [6, 6.07) is 18.4. The van der Waals surface area contributed by atoms with Gasteiger partial charge in [-0.25, -0.2) is 4.98 Å². The van der Waals surface area contributed by atoms with Gasteiger partial charge in [-0.3, -0.25) is 14.5 Å². The highest BCUT2D eigenvalue weighted by atomic mass is 32.2. The van der Waals surface area contributed by atoms with Crippen LogP contribution in [0.1, 0.15) is 59.4 Å². The molecule has 1 N–H and O–H groups in total. The maximum Gasteiger partial charge on any atom is 0.301 e. The molecule has 1 aliphatic heterocycles. The molecule has 0 aliphatic carbocycles. The Morgan fingerprint density at radius 3 is 2.49 bits per heavy atom. The maximum absolute atomic E-state index is 13.8. The lowest BCUT2D eigenvalue weighted by Crippen LogP contribution is -2.29. The van der Waals surface area contributed by atoms with Crippen molar-refractivity contribution in [3.05, 3.63) is 106 Å². The molecule has 1 unspecified atom stereocenters. The Labute approximate surface area is 269 Å². The van der Waals surface area contributed by atoms with E-state index in [1.165, 1.54) is 33.6 Å². The molecular weight excluding hydrogens is 607 g/mol. The fourth-order valence-electron chi connectivity index (χ4n) is 5.29. The first kappa shape index (κ1) is 30.5. The van der Waals surface area contributed by atoms with E-state index in [1.54, 1.807) is 0 Å². The van der Waals surface area contributed by atoms with Crippen LogP contribution in [0.4, 0.5) is 5.13 Å². The van der Waals surface area contributed by atoms with Gasteiger partial charge in [-0.05, 0) is 62.1 Å². The molecule has 4 heterocycles. The smallest absolute Gasteiger partial charge is 0.301 e. The molecule has 1 aliphatic rings. The van der Waals surface area contributed by atoms with Crippen molar-refractivity contribution in [2.24, 2.45) is 0 Å². The number of carbonyl (C=O) groups is 2. The van der Waals surface area contributed by atoms with Crippen LogP contribution in [0.3, 0.4) is 0 Å². The first-order valence-electron chi connectivity index (χ1n) is 14.8. The molecule has 1 fully saturated rings. The van der Waals surface area contributed by atoms with Crippen LogP contribution in [-0.2, 0) is 15.3 Å². The zero-order chi connectivity index (χ0) is 31.7. The van der Waals surface area contributed by atoms with E-state index in [0.717, 1.165) is 24.0 Å². The van der Waals surface area contributed by atoms with Gasteiger partial charge in [0.05, 0.1) is 23.9 Å². The number of aryl methyl sites for hydroxylation is 3. The first-order valence-corrected chi connectivity index (χ1v) is 16.6. The van der Waals surface area contributed by atoms with Crippen LogP contribution >= 0.6 is 23.1 Å². The van der Waals surface area contributed by atoms with E-state index in [1.807, 2.05) is 67.8 Å². The minimum absolute atomic E-state index is 0.0483. The highest BCUT2D eigenvalue weighted by Crippen LogP contribution is 2.44. The Morgan fingerprint density at radius 1 is 1.02 bits per heavy atom. The number of ketones is 1. The molecule has 230 valence electrons. The Morgan fingerprint density at radius 2 is 1.78 bits per heavy atom. The molecule has 1 amide bonds. The van der Waals surface area contributed by atoms with Gasteiger partial charge in [-0.2, -0.15) is 0 Å². The summed E-state index contributed by atoms with van der Waals surface area (Å²) in [7, 11) is 0. The number of benzene rings is 2. The quantitative estimate of drug-likeness (QED) is 0.0426. The number of rotatable bonds is 10. The summed E-state index contributed by atoms with van der Waals surface area (Å²) in [6.07, 6.45) is 3.80. The van der Waals surface area contributed by atoms with Gasteiger partial charge in [0.1, 0.15) is 17.1 Å². The Kier molecular flexibility index (Phi) is 8.73. The molecule has 3 aromatic heterocycles. The Balaban J connectivity index is 1.40. The topological polar surface area (TPSA) is 110 Å². The van der Waals surface area contributed by atoms with E-state index in [0.29, 0.717) is 39.4 Å². The molecule has 1 atom stereocenters. The van der Waals surface area contributed by atoms with Crippen molar-refractivity contribution in [3.8, 4) is 5.75 Å². The van der Waals surface area contributed by atoms with E-state index < -0.39 is 17.7 Å². The number of hydrogen-bond donors (Lipinski definition) is 1. The number of nitrogens with zero attached hydrogens (tertiary/aromatic N) is 5. The second kappa shape index (κ2) is 12.9. The minimum atomic E-state index is -0.942. The molecular formula is C34H33N5O4S2. The van der Waals surface area contributed by atoms with E-state index in [-0.39, 0.29) is 22.2 Å². The van der Waals surface area contributed by atoms with Crippen LogP contribution in [-0.4, -0.2) is 43.0 Å². The van der Waals surface area contributed by atoms with Crippen LogP contribution < -0.4 is 9.64 Å². The zero-order valence-electron chi connectivity index (χ0n) is 25.5. The second-order valence-electron chi connectivity index (χ2n) is 11.0. The molecule has 0 saturated carbocycles. The highest BCUT2D eigenvalue weighted by Gasteiger charge is 2.49. The maximum atomic E-state index is 13.8. The zero-order valence-corrected chi connectivity index (χ0v) is 27.1. The predicted molar refractivity (Wildman–Crippen MR) is 177 cm³/mol. The molecule has 5 aromatic rings. The summed E-state index contributed by atoms with van der Waals surface area (Å²) in [5.74, 6) is -0.556. The highest BCUT2D eigenvalue weighted by molar-refractivity contribution is 8.00. The van der Waals surface area contributed by atoms with E-state index >= 15 is 0 Å². The summed E-state index contributed by atoms with van der Waals surface area (Å²) in [6.45, 7) is 8.49. The number of fused-ring (bicyclic) bond motifs is 1. The van der Waals surface area contributed by atoms with Crippen LogP contribution in [0.5, 0.6) is 5.75 Å². The number of thioether (sulfide) groups is 1. The van der Waals surface area contributed by atoms with Crippen molar-refractivity contribution in [1.29, 1.82) is 0 Å². The summed E-state index contributed by atoms with van der Waals surface area (Å²) >= 11 is 2.75. The van der Waals surface area contributed by atoms with Gasteiger partial charge in [0.25, 0.3) is 5.78 Å². The van der Waals surface area contributed by atoms with E-state index in [9.17, 15) is 14.7 Å². The average molecular weight is 640 g/mol. The number of aliphatic hydroxyl groups is 1. The third-order valence-corrected chi connectivity index (χ3v) is 9.93. The van der Waals surface area contributed by atoms with E-state index in [2.05, 4.69) is 46.4 Å². The number of amides is 1. The van der Waals surface area contributed by atoms with Crippen molar-refractivity contribution < 1.29 is 19.4 Å². The number of aromatic nitrogens is 4. The van der Waals surface area contributed by atoms with Crippen molar-refractivity contribution in [2.75, 3.05) is 11.5 Å². The third kappa shape index (κ3) is 5.97. The molecule has 2 aromatic carbocycles. The summed E-state index contributed by atoms with van der Waals surface area (Å²) in [4.78, 5) is 33.5. The van der Waals surface area contributed by atoms with Crippen LogP contribution in [0.25, 0.3) is 11.4 Å². The second-order valence-corrected chi connectivity index (χ2v) is 13.2. The van der Waals surface area contributed by atoms with Crippen LogP contribution in [0, 0.1) is 20.8 Å². The Hall–Kier alpha value is -4.48. The average Bonchev–Trinajstić information content (AvgIpc) is 3.72. The van der Waals surface area contributed by atoms with Gasteiger partial charge in [0.2, 0.25) is 5.13 Å². The van der Waals surface area contributed by atoms with Crippen molar-refractivity contribution in [1.82, 2.24) is 19.6 Å². The predicted octanol–water partition coefficient (Wildman–Crippen LogP) is 7.21. The molecule has 0 bridgehead atoms. The van der Waals surface area contributed by atoms with Crippen LogP contribution in [0.2, 0.25) is 0 Å². The minimum Gasteiger partial charge on any atom is -0.505 e. The largest absolute Gasteiger partial charge is 0.505 e. The lowest BCUT2D eigenvalue weighted by molar-refractivity contribution is -0.132. The standard InChI is InChI=1S/C34H33N5O4S2/c1-5-6-18-43-25-15-13-24(14-16-25)28-26(29(40)27-22(4)38-17-7-8-21(3)31(38)35-27)30(41)32(42)39(28)33-36-37-34(45-33)44-19-23-11-9-20(2)10-12-23/h7-17,28,40H,5-6,18-19H2,1-4H3/b29-26+. The number of unbranched alkanes of at least 4 members (excludes halogenated alkanes) is 1. The number of Topliss-reactive ketones (excluding diaryl/α,β-unsaturated/α-hetero) is 1. The van der Waals surface area contributed by atoms with Gasteiger partial charge < -0.3 is 14.2 Å². The van der Waals surface area contributed by atoms with Gasteiger partial charge in [0, 0.05) is 11.9 Å². The first-order chi connectivity index (χ1) is 21.8. The Bertz CT molecular complexity index is 1910. The number of carbonyl (C=O) groups excluding carboxylic acids is 2. The van der Waals surface area contributed by atoms with Crippen molar-refractivity contribution in [3.63, 3.8) is 0 Å². The third-order valence-electron chi connectivity index (χ3n) is 7.80. The molecule has 0 spiro atoms. The number of anilines is 1. The van der Waals surface area contributed by atoms with Gasteiger partial charge in [-0.1, -0.05) is 84.5 Å². The summed E-state index contributed by atoms with van der Waals surface area (Å²) < 4.78 is 8.38.